The molecular weight excluding hydrogens is 398 g/mol. The minimum Gasteiger partial charge on any atom is -0.325 e. The molecule has 2 nitrogen and oxygen atoms in total. The summed E-state index contributed by atoms with van der Waals surface area (Å²) in [6.45, 7) is 1.94. The highest BCUT2D eigenvalue weighted by Crippen LogP contribution is 2.60. The number of carbonyl (C=O) groups is 1. The van der Waals surface area contributed by atoms with Gasteiger partial charge in [-0.1, -0.05) is 23.7 Å². The molecule has 0 saturated heterocycles. The van der Waals surface area contributed by atoms with E-state index in [2.05, 4.69) is 29.6 Å². The second-order valence-corrected chi connectivity index (χ2v) is 11.3. The molecule has 1 amide bonds. The highest BCUT2D eigenvalue weighted by atomic mass is 35.5. The molecule has 0 radical (unpaired) electrons. The molecule has 6 rings (SSSR count). The molecule has 0 aromatic heterocycles. The standard InChI is InChI=1S/C25H28ClNOS/c1-16(29-23-8-4-21(26)5-9-23)24(28)27-22-6-2-20(3-7-22)25-13-17-10-18(14-25)12-19(11-17)15-25/h2-9,16-19H,10-15H2,1H3,(H,27,28)/t16-,17?,18?,19?,25?/m0/s1. The van der Waals surface area contributed by atoms with Gasteiger partial charge in [0, 0.05) is 15.6 Å². The van der Waals surface area contributed by atoms with Crippen LogP contribution in [-0.4, -0.2) is 11.2 Å². The SMILES string of the molecule is C[C@H](Sc1ccc(Cl)cc1)C(=O)Nc1ccc(C23CC4CC(CC(C4)C2)C3)cc1. The Labute approximate surface area is 182 Å². The Balaban J connectivity index is 1.24. The molecule has 152 valence electrons. The number of hydrogen-bond acceptors (Lipinski definition) is 2. The van der Waals surface area contributed by atoms with Crippen LogP contribution < -0.4 is 5.32 Å². The minimum atomic E-state index is -0.168. The molecule has 1 atom stereocenters. The fourth-order valence-corrected chi connectivity index (χ4v) is 7.38. The van der Waals surface area contributed by atoms with Crippen LogP contribution in [-0.2, 0) is 10.2 Å². The van der Waals surface area contributed by atoms with E-state index in [4.69, 9.17) is 11.6 Å². The molecule has 0 heterocycles. The summed E-state index contributed by atoms with van der Waals surface area (Å²) in [6.07, 6.45) is 8.53. The van der Waals surface area contributed by atoms with Crippen molar-refractivity contribution in [2.75, 3.05) is 5.32 Å². The van der Waals surface area contributed by atoms with Crippen LogP contribution in [0.25, 0.3) is 0 Å². The summed E-state index contributed by atoms with van der Waals surface area (Å²) >= 11 is 7.49. The Morgan fingerprint density at radius 3 is 2.07 bits per heavy atom. The van der Waals surface area contributed by atoms with Gasteiger partial charge < -0.3 is 5.32 Å². The second kappa shape index (κ2) is 7.67. The van der Waals surface area contributed by atoms with E-state index in [9.17, 15) is 4.79 Å². The van der Waals surface area contributed by atoms with Gasteiger partial charge in [-0.3, -0.25) is 4.79 Å². The Kier molecular flexibility index (Phi) is 5.16. The van der Waals surface area contributed by atoms with E-state index in [-0.39, 0.29) is 11.2 Å². The van der Waals surface area contributed by atoms with Gasteiger partial charge in [0.15, 0.2) is 0 Å². The van der Waals surface area contributed by atoms with Crippen LogP contribution in [0, 0.1) is 17.8 Å². The van der Waals surface area contributed by atoms with Crippen molar-refractivity contribution in [1.29, 1.82) is 0 Å². The molecule has 1 N–H and O–H groups in total. The third-order valence-corrected chi connectivity index (χ3v) is 8.66. The first kappa shape index (κ1) is 19.5. The summed E-state index contributed by atoms with van der Waals surface area (Å²) in [6, 6.07) is 16.4. The summed E-state index contributed by atoms with van der Waals surface area (Å²) in [4.78, 5) is 13.7. The smallest absolute Gasteiger partial charge is 0.237 e. The molecule has 4 heteroatoms. The van der Waals surface area contributed by atoms with Crippen LogP contribution in [0.1, 0.15) is 51.0 Å². The average Bonchev–Trinajstić information content (AvgIpc) is 2.69. The third-order valence-electron chi connectivity index (χ3n) is 7.30. The average molecular weight is 426 g/mol. The highest BCUT2D eigenvalue weighted by Gasteiger charge is 2.51. The van der Waals surface area contributed by atoms with Gasteiger partial charge >= 0.3 is 0 Å². The molecule has 0 unspecified atom stereocenters. The first-order valence-corrected chi connectivity index (χ1v) is 12.1. The summed E-state index contributed by atoms with van der Waals surface area (Å²) in [5.41, 5.74) is 2.81. The van der Waals surface area contributed by atoms with E-state index in [1.165, 1.54) is 44.1 Å². The molecule has 4 fully saturated rings. The summed E-state index contributed by atoms with van der Waals surface area (Å²) < 4.78 is 0. The number of carbonyl (C=O) groups excluding carboxylic acids is 1. The minimum absolute atomic E-state index is 0.0347. The topological polar surface area (TPSA) is 29.1 Å². The van der Waals surface area contributed by atoms with Crippen molar-refractivity contribution in [2.24, 2.45) is 17.8 Å². The lowest BCUT2D eigenvalue weighted by molar-refractivity contribution is -0.115. The largest absolute Gasteiger partial charge is 0.325 e. The van der Waals surface area contributed by atoms with E-state index >= 15 is 0 Å². The van der Waals surface area contributed by atoms with Crippen LogP contribution in [0.2, 0.25) is 5.02 Å². The van der Waals surface area contributed by atoms with Gasteiger partial charge in [-0.15, -0.1) is 11.8 Å². The molecule has 4 saturated carbocycles. The number of hydrogen-bond donors (Lipinski definition) is 1. The number of thioether (sulfide) groups is 1. The van der Waals surface area contributed by atoms with E-state index in [1.807, 2.05) is 31.2 Å². The number of halogens is 1. The van der Waals surface area contributed by atoms with Gasteiger partial charge in [0.05, 0.1) is 5.25 Å². The van der Waals surface area contributed by atoms with Crippen molar-refractivity contribution >= 4 is 35.0 Å². The zero-order valence-electron chi connectivity index (χ0n) is 16.9. The molecular formula is C25H28ClNOS. The Hall–Kier alpha value is -1.45. The van der Waals surface area contributed by atoms with Gasteiger partial charge in [-0.25, -0.2) is 0 Å². The van der Waals surface area contributed by atoms with Crippen LogP contribution in [0.4, 0.5) is 5.69 Å². The lowest BCUT2D eigenvalue weighted by Crippen LogP contribution is -2.48. The molecule has 4 aliphatic rings. The molecule has 29 heavy (non-hydrogen) atoms. The zero-order chi connectivity index (χ0) is 20.0. The number of rotatable bonds is 5. The Bertz CT molecular complexity index is 857. The van der Waals surface area contributed by atoms with Gasteiger partial charge in [-0.2, -0.15) is 0 Å². The quantitative estimate of drug-likeness (QED) is 0.526. The maximum Gasteiger partial charge on any atom is 0.237 e. The molecule has 0 aliphatic heterocycles. The van der Waals surface area contributed by atoms with Crippen molar-refractivity contribution < 1.29 is 4.79 Å². The molecule has 2 aromatic rings. The number of anilines is 1. The molecule has 2 aromatic carbocycles. The zero-order valence-corrected chi connectivity index (χ0v) is 18.4. The number of amides is 1. The van der Waals surface area contributed by atoms with E-state index in [0.29, 0.717) is 10.4 Å². The number of nitrogens with one attached hydrogen (secondary N) is 1. The Morgan fingerprint density at radius 1 is 0.966 bits per heavy atom. The fraction of sp³-hybridized carbons (Fsp3) is 0.480. The van der Waals surface area contributed by atoms with Crippen LogP contribution >= 0.6 is 23.4 Å². The fourth-order valence-electron chi connectivity index (χ4n) is 6.39. The lowest BCUT2D eigenvalue weighted by atomic mass is 9.48. The normalized spacial score (nSPS) is 30.9. The summed E-state index contributed by atoms with van der Waals surface area (Å²) in [7, 11) is 0. The lowest BCUT2D eigenvalue weighted by Gasteiger charge is -2.57. The van der Waals surface area contributed by atoms with Crippen LogP contribution in [0.3, 0.4) is 0 Å². The second-order valence-electron chi connectivity index (χ2n) is 9.48. The van der Waals surface area contributed by atoms with Crippen molar-refractivity contribution in [3.8, 4) is 0 Å². The van der Waals surface area contributed by atoms with E-state index in [1.54, 1.807) is 11.8 Å². The van der Waals surface area contributed by atoms with Gasteiger partial charge in [0.25, 0.3) is 0 Å². The molecule has 4 bridgehead atoms. The van der Waals surface area contributed by atoms with Crippen LogP contribution in [0.5, 0.6) is 0 Å². The van der Waals surface area contributed by atoms with Crippen molar-refractivity contribution in [1.82, 2.24) is 0 Å². The van der Waals surface area contributed by atoms with Crippen molar-refractivity contribution in [2.45, 2.75) is 61.0 Å². The summed E-state index contributed by atoms with van der Waals surface area (Å²) in [5, 5.41) is 3.63. The maximum atomic E-state index is 12.6. The molecule has 4 aliphatic carbocycles. The van der Waals surface area contributed by atoms with Gasteiger partial charge in [0.2, 0.25) is 5.91 Å². The first-order chi connectivity index (χ1) is 14.0. The Morgan fingerprint density at radius 2 is 1.52 bits per heavy atom. The number of benzene rings is 2. The predicted octanol–water partition coefficient (Wildman–Crippen LogP) is 6.93. The maximum absolute atomic E-state index is 12.6. The van der Waals surface area contributed by atoms with E-state index in [0.717, 1.165) is 28.3 Å². The van der Waals surface area contributed by atoms with Crippen molar-refractivity contribution in [3.05, 3.63) is 59.1 Å². The highest BCUT2D eigenvalue weighted by molar-refractivity contribution is 8.00. The third kappa shape index (κ3) is 3.96. The predicted molar refractivity (Wildman–Crippen MR) is 122 cm³/mol. The van der Waals surface area contributed by atoms with Gasteiger partial charge in [0.1, 0.15) is 0 Å². The molecule has 0 spiro atoms. The van der Waals surface area contributed by atoms with Crippen LogP contribution in [0.15, 0.2) is 53.4 Å². The summed E-state index contributed by atoms with van der Waals surface area (Å²) in [5.74, 6) is 2.89. The van der Waals surface area contributed by atoms with E-state index < -0.39 is 0 Å². The van der Waals surface area contributed by atoms with Gasteiger partial charge in [-0.05, 0) is 111 Å². The van der Waals surface area contributed by atoms with Crippen molar-refractivity contribution in [3.63, 3.8) is 0 Å². The monoisotopic (exact) mass is 425 g/mol. The first-order valence-electron chi connectivity index (χ1n) is 10.8.